The largest absolute Gasteiger partial charge is 0.467 e. The number of hydrogen-bond donors (Lipinski definition) is 1. The van der Waals surface area contributed by atoms with Crippen molar-refractivity contribution in [2.24, 2.45) is 5.41 Å². The summed E-state index contributed by atoms with van der Waals surface area (Å²) in [7, 11) is 5.21. The highest BCUT2D eigenvalue weighted by molar-refractivity contribution is 5.28. The molecule has 1 aromatic rings. The first-order chi connectivity index (χ1) is 9.54. The molecule has 0 saturated carbocycles. The molecule has 0 amide bonds. The minimum Gasteiger partial charge on any atom is -0.467 e. The molecule has 1 saturated heterocycles. The fourth-order valence-electron chi connectivity index (χ4n) is 2.23. The van der Waals surface area contributed by atoms with Gasteiger partial charge in [0.2, 0.25) is 5.95 Å². The van der Waals surface area contributed by atoms with Gasteiger partial charge in [-0.15, -0.1) is 4.98 Å². The van der Waals surface area contributed by atoms with E-state index in [-0.39, 0.29) is 17.4 Å². The van der Waals surface area contributed by atoms with Crippen LogP contribution in [0.5, 0.6) is 12.0 Å². The summed E-state index contributed by atoms with van der Waals surface area (Å²) in [5.41, 5.74) is 0.264. The summed E-state index contributed by atoms with van der Waals surface area (Å²) in [6, 6.07) is 0.515. The van der Waals surface area contributed by atoms with Gasteiger partial charge in [-0.3, -0.25) is 0 Å². The molecule has 20 heavy (non-hydrogen) atoms. The van der Waals surface area contributed by atoms with Crippen molar-refractivity contribution in [3.8, 4) is 12.0 Å². The Balaban J connectivity index is 1.99. The molecule has 7 heteroatoms. The zero-order valence-electron chi connectivity index (χ0n) is 12.6. The zero-order chi connectivity index (χ0) is 14.6. The van der Waals surface area contributed by atoms with Crippen molar-refractivity contribution < 1.29 is 9.47 Å². The summed E-state index contributed by atoms with van der Waals surface area (Å²) in [6.07, 6.45) is 2.33. The van der Waals surface area contributed by atoms with Crippen LogP contribution in [0, 0.1) is 5.41 Å². The van der Waals surface area contributed by atoms with Gasteiger partial charge in [0.1, 0.15) is 0 Å². The van der Waals surface area contributed by atoms with E-state index >= 15 is 0 Å². The van der Waals surface area contributed by atoms with Gasteiger partial charge in [-0.05, 0) is 38.4 Å². The lowest BCUT2D eigenvalue weighted by Crippen LogP contribution is -2.40. The Hall–Kier alpha value is -1.63. The van der Waals surface area contributed by atoms with E-state index in [1.54, 1.807) is 0 Å². The highest BCUT2D eigenvalue weighted by atomic mass is 16.5. The summed E-state index contributed by atoms with van der Waals surface area (Å²) in [6.45, 7) is 5.38. The number of piperidine rings is 1. The van der Waals surface area contributed by atoms with Gasteiger partial charge in [-0.25, -0.2) is 0 Å². The van der Waals surface area contributed by atoms with E-state index in [1.807, 2.05) is 0 Å². The normalized spacial score (nSPS) is 18.6. The average Bonchev–Trinajstić information content (AvgIpc) is 2.48. The Labute approximate surface area is 119 Å². The van der Waals surface area contributed by atoms with Gasteiger partial charge in [-0.1, -0.05) is 6.92 Å². The maximum Gasteiger partial charge on any atom is 0.324 e. The van der Waals surface area contributed by atoms with Gasteiger partial charge in [-0.2, -0.15) is 9.97 Å². The second-order valence-electron chi connectivity index (χ2n) is 5.60. The van der Waals surface area contributed by atoms with Crippen molar-refractivity contribution in [1.29, 1.82) is 0 Å². The number of anilines is 1. The van der Waals surface area contributed by atoms with Crippen LogP contribution in [0.2, 0.25) is 0 Å². The summed E-state index contributed by atoms with van der Waals surface area (Å²) in [4.78, 5) is 14.7. The molecule has 1 aliphatic rings. The Morgan fingerprint density at radius 1 is 1.10 bits per heavy atom. The van der Waals surface area contributed by atoms with Crippen LogP contribution in [0.3, 0.4) is 0 Å². The second kappa shape index (κ2) is 6.21. The molecule has 0 atom stereocenters. The Morgan fingerprint density at radius 3 is 2.15 bits per heavy atom. The average molecular weight is 281 g/mol. The lowest BCUT2D eigenvalue weighted by Gasteiger charge is -2.37. The first-order valence-corrected chi connectivity index (χ1v) is 6.81. The van der Waals surface area contributed by atoms with Gasteiger partial charge < -0.3 is 19.7 Å². The molecule has 0 bridgehead atoms. The minimum atomic E-state index is 0.257. The van der Waals surface area contributed by atoms with E-state index in [2.05, 4.69) is 39.1 Å². The van der Waals surface area contributed by atoms with E-state index < -0.39 is 0 Å². The quantitative estimate of drug-likeness (QED) is 0.864. The van der Waals surface area contributed by atoms with Crippen molar-refractivity contribution in [2.75, 3.05) is 46.2 Å². The summed E-state index contributed by atoms with van der Waals surface area (Å²) in [5.74, 6) is 0.494. The number of aromatic nitrogens is 3. The van der Waals surface area contributed by atoms with Crippen LogP contribution in [-0.4, -0.2) is 60.8 Å². The molecular weight excluding hydrogens is 258 g/mol. The highest BCUT2D eigenvalue weighted by Gasteiger charge is 2.28. The Bertz CT molecular complexity index is 424. The monoisotopic (exact) mass is 281 g/mol. The van der Waals surface area contributed by atoms with Crippen molar-refractivity contribution in [3.05, 3.63) is 0 Å². The summed E-state index contributed by atoms with van der Waals surface area (Å²) in [5, 5.41) is 3.28. The Morgan fingerprint density at radius 2 is 1.65 bits per heavy atom. The molecule has 0 aliphatic carbocycles. The maximum atomic E-state index is 5.04. The van der Waals surface area contributed by atoms with Gasteiger partial charge >= 0.3 is 12.0 Å². The van der Waals surface area contributed by atoms with Crippen LogP contribution in [0.1, 0.15) is 19.8 Å². The second-order valence-corrected chi connectivity index (χ2v) is 5.60. The number of nitrogens with one attached hydrogen (secondary N) is 1. The molecule has 112 valence electrons. The van der Waals surface area contributed by atoms with Crippen LogP contribution in [0.15, 0.2) is 0 Å². The molecule has 2 heterocycles. The van der Waals surface area contributed by atoms with Gasteiger partial charge in [0.15, 0.2) is 0 Å². The number of ether oxygens (including phenoxy) is 2. The first kappa shape index (κ1) is 14.8. The third kappa shape index (κ3) is 3.69. The number of methoxy groups -OCH3 is 2. The molecule has 0 radical (unpaired) electrons. The predicted octanol–water partition coefficient (Wildman–Crippen LogP) is 1.03. The van der Waals surface area contributed by atoms with Crippen molar-refractivity contribution in [2.45, 2.75) is 19.8 Å². The number of hydrogen-bond acceptors (Lipinski definition) is 7. The molecule has 7 nitrogen and oxygen atoms in total. The van der Waals surface area contributed by atoms with Gasteiger partial charge in [0.25, 0.3) is 0 Å². The van der Waals surface area contributed by atoms with Crippen molar-refractivity contribution in [3.63, 3.8) is 0 Å². The molecule has 2 rings (SSSR count). The third-order valence-corrected chi connectivity index (χ3v) is 3.83. The molecule has 1 fully saturated rings. The van der Waals surface area contributed by atoms with E-state index in [0.717, 1.165) is 32.5 Å². The topological polar surface area (TPSA) is 72.4 Å². The van der Waals surface area contributed by atoms with Gasteiger partial charge in [0, 0.05) is 6.54 Å². The summed E-state index contributed by atoms with van der Waals surface area (Å²) >= 11 is 0. The van der Waals surface area contributed by atoms with E-state index in [0.29, 0.717) is 5.95 Å². The van der Waals surface area contributed by atoms with Crippen molar-refractivity contribution in [1.82, 2.24) is 19.9 Å². The molecule has 0 aromatic carbocycles. The van der Waals surface area contributed by atoms with Gasteiger partial charge in [0.05, 0.1) is 14.2 Å². The summed E-state index contributed by atoms with van der Waals surface area (Å²) < 4.78 is 10.1. The molecule has 1 aromatic heterocycles. The molecule has 1 aliphatic heterocycles. The van der Waals surface area contributed by atoms with Crippen LogP contribution in [0.4, 0.5) is 5.95 Å². The predicted molar refractivity (Wildman–Crippen MR) is 76.3 cm³/mol. The number of likely N-dealkylation sites (tertiary alicyclic amines) is 1. The SMILES string of the molecule is COc1nc(NCC2(C)CCN(C)CC2)nc(OC)n1. The number of nitrogens with zero attached hydrogens (tertiary/aromatic N) is 4. The van der Waals surface area contributed by atoms with Crippen LogP contribution >= 0.6 is 0 Å². The third-order valence-electron chi connectivity index (χ3n) is 3.83. The zero-order valence-corrected chi connectivity index (χ0v) is 12.6. The first-order valence-electron chi connectivity index (χ1n) is 6.81. The highest BCUT2D eigenvalue weighted by Crippen LogP contribution is 2.30. The van der Waals surface area contributed by atoms with E-state index in [9.17, 15) is 0 Å². The number of rotatable bonds is 5. The molecule has 0 unspecified atom stereocenters. The lowest BCUT2D eigenvalue weighted by molar-refractivity contribution is 0.150. The standard InChI is InChI=1S/C13H23N5O2/c1-13(5-7-18(2)8-6-13)9-14-10-15-11(19-3)17-12(16-10)20-4/h5-9H2,1-4H3,(H,14,15,16,17). The fraction of sp³-hybridized carbons (Fsp3) is 0.769. The van der Waals surface area contributed by atoms with E-state index in [1.165, 1.54) is 14.2 Å². The van der Waals surface area contributed by atoms with Crippen LogP contribution in [0.25, 0.3) is 0 Å². The van der Waals surface area contributed by atoms with Crippen LogP contribution < -0.4 is 14.8 Å². The van der Waals surface area contributed by atoms with E-state index in [4.69, 9.17) is 9.47 Å². The fourth-order valence-corrected chi connectivity index (χ4v) is 2.23. The molecular formula is C13H23N5O2. The lowest BCUT2D eigenvalue weighted by atomic mass is 9.80. The Kier molecular flexibility index (Phi) is 4.59. The molecule has 0 spiro atoms. The molecule has 1 N–H and O–H groups in total. The van der Waals surface area contributed by atoms with Crippen molar-refractivity contribution >= 4 is 5.95 Å². The van der Waals surface area contributed by atoms with Crippen LogP contribution in [-0.2, 0) is 0 Å². The minimum absolute atomic E-state index is 0.257. The smallest absolute Gasteiger partial charge is 0.324 e. The maximum absolute atomic E-state index is 5.04.